The van der Waals surface area contributed by atoms with E-state index in [1.54, 1.807) is 13.0 Å². The first-order chi connectivity index (χ1) is 12.4. The quantitative estimate of drug-likeness (QED) is 0.316. The maximum Gasteiger partial charge on any atom is 0.341 e. The number of allylic oxidation sites excluding steroid dienone is 1. The van der Waals surface area contributed by atoms with E-state index in [-0.39, 0.29) is 5.57 Å². The van der Waals surface area contributed by atoms with Gasteiger partial charge in [0.25, 0.3) is 0 Å². The molecule has 0 amide bonds. The number of rotatable bonds is 5. The molecule has 0 heterocycles. The topological polar surface area (TPSA) is 96.0 Å². The highest BCUT2D eigenvalue weighted by Gasteiger charge is 2.56. The number of ketones is 1. The molecule has 0 fully saturated rings. The van der Waals surface area contributed by atoms with E-state index >= 15 is 0 Å². The van der Waals surface area contributed by atoms with E-state index in [1.807, 2.05) is 6.92 Å². The van der Waals surface area contributed by atoms with Gasteiger partial charge in [0.15, 0.2) is 5.78 Å². The molecule has 26 heavy (non-hydrogen) atoms. The lowest BCUT2D eigenvalue weighted by atomic mass is 9.65. The van der Waals surface area contributed by atoms with Crippen molar-refractivity contribution < 1.29 is 33.4 Å². The lowest BCUT2D eigenvalue weighted by Gasteiger charge is -2.37. The molecule has 0 bridgehead atoms. The summed E-state index contributed by atoms with van der Waals surface area (Å²) in [5.41, 5.74) is 1.19. The van der Waals surface area contributed by atoms with E-state index in [9.17, 15) is 19.2 Å². The number of ether oxygens (including phenoxy) is 3. The molecule has 0 N–H and O–H groups in total. The summed E-state index contributed by atoms with van der Waals surface area (Å²) < 4.78 is 14.6. The second kappa shape index (κ2) is 7.85. The molecule has 7 nitrogen and oxygen atoms in total. The van der Waals surface area contributed by atoms with E-state index in [0.29, 0.717) is 24.0 Å². The van der Waals surface area contributed by atoms with E-state index < -0.39 is 47.4 Å². The highest BCUT2D eigenvalue weighted by molar-refractivity contribution is 6.22. The van der Waals surface area contributed by atoms with Crippen LogP contribution >= 0.6 is 0 Å². The molecule has 2 aliphatic carbocycles. The Morgan fingerprint density at radius 2 is 1.54 bits per heavy atom. The minimum absolute atomic E-state index is 0.0569. The smallest absolute Gasteiger partial charge is 0.341 e. The fraction of sp³-hybridized carbons (Fsp3) is 0.579. The van der Waals surface area contributed by atoms with E-state index in [4.69, 9.17) is 14.2 Å². The van der Waals surface area contributed by atoms with Crippen molar-refractivity contribution >= 4 is 23.7 Å². The Morgan fingerprint density at radius 3 is 2.00 bits per heavy atom. The largest absolute Gasteiger partial charge is 0.469 e. The molecule has 0 saturated carbocycles. The van der Waals surface area contributed by atoms with Crippen molar-refractivity contribution in [2.45, 2.75) is 26.7 Å². The molecule has 7 heteroatoms. The Labute approximate surface area is 152 Å². The third-order valence-electron chi connectivity index (χ3n) is 5.31. The predicted molar refractivity (Wildman–Crippen MR) is 90.7 cm³/mol. The zero-order valence-electron chi connectivity index (χ0n) is 15.7. The fourth-order valence-corrected chi connectivity index (χ4v) is 4.19. The molecule has 0 aromatic heterocycles. The summed E-state index contributed by atoms with van der Waals surface area (Å²) in [6, 6.07) is 0. The van der Waals surface area contributed by atoms with Gasteiger partial charge in [-0.2, -0.15) is 0 Å². The van der Waals surface area contributed by atoms with Crippen molar-refractivity contribution in [1.82, 2.24) is 0 Å². The zero-order valence-corrected chi connectivity index (χ0v) is 15.7. The predicted octanol–water partition coefficient (Wildman–Crippen LogP) is 1.61. The molecule has 4 atom stereocenters. The first-order valence-electron chi connectivity index (χ1n) is 8.59. The summed E-state index contributed by atoms with van der Waals surface area (Å²) in [6.07, 6.45) is 2.52. The molecule has 0 spiro atoms. The third-order valence-corrected chi connectivity index (χ3v) is 5.31. The van der Waals surface area contributed by atoms with Gasteiger partial charge in [0.2, 0.25) is 0 Å². The summed E-state index contributed by atoms with van der Waals surface area (Å²) in [7, 11) is 3.73. The van der Waals surface area contributed by atoms with Crippen LogP contribution < -0.4 is 0 Å². The Hall–Kier alpha value is -2.44. The normalized spacial score (nSPS) is 27.6. The van der Waals surface area contributed by atoms with Crippen LogP contribution in [0.2, 0.25) is 0 Å². The van der Waals surface area contributed by atoms with Crippen molar-refractivity contribution in [3.05, 3.63) is 22.8 Å². The Morgan fingerprint density at radius 1 is 0.923 bits per heavy atom. The second-order valence-corrected chi connectivity index (χ2v) is 6.31. The van der Waals surface area contributed by atoms with Crippen LogP contribution in [0.15, 0.2) is 22.8 Å². The summed E-state index contributed by atoms with van der Waals surface area (Å²) >= 11 is 0. The van der Waals surface area contributed by atoms with Crippen LogP contribution in [-0.4, -0.2) is 45.0 Å². The van der Waals surface area contributed by atoms with Crippen molar-refractivity contribution in [3.63, 3.8) is 0 Å². The first kappa shape index (κ1) is 19.9. The van der Waals surface area contributed by atoms with Gasteiger partial charge < -0.3 is 14.2 Å². The van der Waals surface area contributed by atoms with Gasteiger partial charge in [0.1, 0.15) is 5.57 Å². The maximum atomic E-state index is 13.0. The number of carbonyl (C=O) groups is 4. The molecule has 0 aliphatic heterocycles. The lowest BCUT2D eigenvalue weighted by molar-refractivity contribution is -0.152. The number of carbonyl (C=O) groups excluding carboxylic acids is 4. The molecule has 0 unspecified atom stereocenters. The molecular formula is C19H24O7. The third kappa shape index (κ3) is 2.95. The Kier molecular flexibility index (Phi) is 6.00. The van der Waals surface area contributed by atoms with Gasteiger partial charge in [-0.05, 0) is 18.4 Å². The number of methoxy groups -OCH3 is 3. The fourth-order valence-electron chi connectivity index (χ4n) is 4.19. The molecular weight excluding hydrogens is 340 g/mol. The molecule has 0 aromatic carbocycles. The van der Waals surface area contributed by atoms with Gasteiger partial charge in [-0.1, -0.05) is 25.5 Å². The van der Waals surface area contributed by atoms with Crippen LogP contribution in [0.1, 0.15) is 26.7 Å². The number of hydrogen-bond acceptors (Lipinski definition) is 7. The molecule has 2 rings (SSSR count). The minimum atomic E-state index is -0.870. The van der Waals surface area contributed by atoms with Crippen LogP contribution in [0.25, 0.3) is 0 Å². The summed E-state index contributed by atoms with van der Waals surface area (Å²) in [5, 5.41) is 0. The molecule has 0 radical (unpaired) electrons. The number of fused-ring (bicyclic) bond motifs is 1. The highest BCUT2D eigenvalue weighted by atomic mass is 16.5. The van der Waals surface area contributed by atoms with E-state index in [2.05, 4.69) is 0 Å². The summed E-state index contributed by atoms with van der Waals surface area (Å²) in [5.74, 6) is -5.32. The van der Waals surface area contributed by atoms with E-state index in [0.717, 1.165) is 0 Å². The standard InChI is InChI=1S/C19H24O7/c1-6-9-8-11(17(21)24-3)14-13(12(9)18(22)25-4)10(7-2)15(16(14)20)19(23)26-5/h8,11-14H,6-7H2,1-5H3/t11-,12-,13-,14+/m1/s1. The van der Waals surface area contributed by atoms with Crippen molar-refractivity contribution in [2.24, 2.45) is 23.7 Å². The van der Waals surface area contributed by atoms with Gasteiger partial charge in [-0.15, -0.1) is 0 Å². The number of esters is 3. The average Bonchev–Trinajstić information content (AvgIpc) is 2.96. The van der Waals surface area contributed by atoms with Crippen LogP contribution in [0, 0.1) is 23.7 Å². The van der Waals surface area contributed by atoms with Crippen molar-refractivity contribution in [3.8, 4) is 0 Å². The monoisotopic (exact) mass is 364 g/mol. The van der Waals surface area contributed by atoms with Gasteiger partial charge in [-0.25, -0.2) is 4.79 Å². The molecule has 2 aliphatic rings. The van der Waals surface area contributed by atoms with Crippen molar-refractivity contribution in [1.29, 1.82) is 0 Å². The second-order valence-electron chi connectivity index (χ2n) is 6.31. The summed E-state index contributed by atoms with van der Waals surface area (Å²) in [6.45, 7) is 3.67. The lowest BCUT2D eigenvalue weighted by Crippen LogP contribution is -2.42. The van der Waals surface area contributed by atoms with Crippen molar-refractivity contribution in [2.75, 3.05) is 21.3 Å². The maximum absolute atomic E-state index is 13.0. The minimum Gasteiger partial charge on any atom is -0.469 e. The molecule has 0 saturated heterocycles. The van der Waals surface area contributed by atoms with Gasteiger partial charge in [0, 0.05) is 11.8 Å². The Balaban J connectivity index is 2.72. The van der Waals surface area contributed by atoms with Crippen LogP contribution in [0.5, 0.6) is 0 Å². The zero-order chi connectivity index (χ0) is 19.6. The van der Waals surface area contributed by atoms with Crippen LogP contribution in [-0.2, 0) is 33.4 Å². The van der Waals surface area contributed by atoms with E-state index in [1.165, 1.54) is 21.3 Å². The molecule has 0 aromatic rings. The average molecular weight is 364 g/mol. The van der Waals surface area contributed by atoms with Gasteiger partial charge in [-0.3, -0.25) is 14.4 Å². The number of Topliss-reactive ketones (excluding diaryl/α,β-unsaturated/α-hetero) is 1. The number of hydrogen-bond donors (Lipinski definition) is 0. The highest BCUT2D eigenvalue weighted by Crippen LogP contribution is 2.51. The first-order valence-corrected chi connectivity index (χ1v) is 8.59. The van der Waals surface area contributed by atoms with Crippen LogP contribution in [0.4, 0.5) is 0 Å². The Bertz CT molecular complexity index is 701. The SMILES string of the molecule is CCC1=C[C@@H](C(=O)OC)[C@@H]2C(=O)C(C(=O)OC)=C(CC)[C@@H]2[C@@H]1C(=O)OC. The molecule has 142 valence electrons. The summed E-state index contributed by atoms with van der Waals surface area (Å²) in [4.78, 5) is 50.1. The van der Waals surface area contributed by atoms with Gasteiger partial charge in [0.05, 0.1) is 33.2 Å². The van der Waals surface area contributed by atoms with Gasteiger partial charge >= 0.3 is 17.9 Å². The van der Waals surface area contributed by atoms with Crippen LogP contribution in [0.3, 0.4) is 0 Å².